The van der Waals surface area contributed by atoms with Crippen molar-refractivity contribution >= 4 is 22.4 Å². The minimum absolute atomic E-state index is 0.201. The minimum Gasteiger partial charge on any atom is -0.497 e. The molecule has 1 aliphatic heterocycles. The number of nitrogens with zero attached hydrogens (tertiary/aromatic N) is 2. The van der Waals surface area contributed by atoms with Crippen LogP contribution in [0.15, 0.2) is 41.2 Å². The molecule has 0 amide bonds. The number of aromatic nitrogens is 3. The van der Waals surface area contributed by atoms with Crippen LogP contribution in [0.3, 0.4) is 0 Å². The molecule has 0 atom stereocenters. The molecule has 0 unspecified atom stereocenters. The molecule has 5 rings (SSSR count). The molecule has 2 aromatic heterocycles. The molecule has 2 aromatic carbocycles. The van der Waals surface area contributed by atoms with Crippen molar-refractivity contribution in [1.29, 1.82) is 0 Å². The summed E-state index contributed by atoms with van der Waals surface area (Å²) in [7, 11) is 1.60. The number of ether oxygens (including phenoxy) is 2. The van der Waals surface area contributed by atoms with E-state index in [2.05, 4.69) is 4.98 Å². The Bertz CT molecular complexity index is 1350. The van der Waals surface area contributed by atoms with Crippen molar-refractivity contribution in [1.82, 2.24) is 14.8 Å². The average Bonchev–Trinajstić information content (AvgIpc) is 3.06. The van der Waals surface area contributed by atoms with E-state index < -0.39 is 0 Å². The van der Waals surface area contributed by atoms with E-state index in [0.717, 1.165) is 22.4 Å². The molecule has 8 nitrogen and oxygen atoms in total. The highest BCUT2D eigenvalue weighted by Gasteiger charge is 2.27. The predicted molar refractivity (Wildman–Crippen MR) is 112 cm³/mol. The van der Waals surface area contributed by atoms with E-state index in [1.165, 1.54) is 0 Å². The molecule has 29 heavy (non-hydrogen) atoms. The number of hydrogen-bond acceptors (Lipinski definition) is 6. The summed E-state index contributed by atoms with van der Waals surface area (Å²) in [5, 5.41) is 5.08. The number of methoxy groups -OCH3 is 1. The van der Waals surface area contributed by atoms with E-state index in [-0.39, 0.29) is 18.0 Å². The summed E-state index contributed by atoms with van der Waals surface area (Å²) in [5.41, 5.74) is 17.1. The fraction of sp³-hybridized carbons (Fsp3) is 0.143. The quantitative estimate of drug-likeness (QED) is 0.453. The van der Waals surface area contributed by atoms with Gasteiger partial charge in [-0.05, 0) is 24.6 Å². The zero-order valence-corrected chi connectivity index (χ0v) is 15.9. The predicted octanol–water partition coefficient (Wildman–Crippen LogP) is 2.75. The van der Waals surface area contributed by atoms with E-state index in [9.17, 15) is 4.79 Å². The smallest absolute Gasteiger partial charge is 0.261 e. The van der Waals surface area contributed by atoms with Crippen molar-refractivity contribution in [3.05, 3.63) is 58.0 Å². The number of benzene rings is 2. The van der Waals surface area contributed by atoms with Gasteiger partial charge in [0.2, 0.25) is 0 Å². The number of aryl methyl sites for hydroxylation is 1. The van der Waals surface area contributed by atoms with Crippen molar-refractivity contribution < 1.29 is 9.47 Å². The Morgan fingerprint density at radius 2 is 2.07 bits per heavy atom. The maximum Gasteiger partial charge on any atom is 0.261 e. The zero-order chi connectivity index (χ0) is 20.3. The molecule has 4 aromatic rings. The van der Waals surface area contributed by atoms with Gasteiger partial charge in [0, 0.05) is 17.2 Å². The number of para-hydroxylation sites is 1. The molecule has 0 saturated heterocycles. The van der Waals surface area contributed by atoms with Gasteiger partial charge in [-0.2, -0.15) is 5.10 Å². The molecule has 0 fully saturated rings. The first-order valence-electron chi connectivity index (χ1n) is 9.09. The summed E-state index contributed by atoms with van der Waals surface area (Å²) in [6.45, 7) is 2.15. The Labute approximate surface area is 165 Å². The van der Waals surface area contributed by atoms with Gasteiger partial charge >= 0.3 is 0 Å². The van der Waals surface area contributed by atoms with E-state index in [4.69, 9.17) is 26.0 Å². The van der Waals surface area contributed by atoms with Crippen molar-refractivity contribution in [2.24, 2.45) is 0 Å². The van der Waals surface area contributed by atoms with Crippen LogP contribution in [0, 0.1) is 6.92 Å². The maximum atomic E-state index is 12.8. The molecule has 146 valence electrons. The molecule has 0 saturated carbocycles. The standard InChI is InChI=1S/C21H19N5O3/c1-10-6-7-11(28-2)8-15(10)26-20(23)17-18(25-26)16-12-4-3-5-13(22)19(12)29-9-14(16)24-21(17)27/h3-8H,9,22-23H2,1-2H3,(H,24,27). The van der Waals surface area contributed by atoms with Crippen LogP contribution in [0.4, 0.5) is 11.5 Å². The zero-order valence-electron chi connectivity index (χ0n) is 15.9. The number of fused-ring (bicyclic) bond motifs is 5. The summed E-state index contributed by atoms with van der Waals surface area (Å²) in [6.07, 6.45) is 0. The second-order valence-corrected chi connectivity index (χ2v) is 6.99. The molecular formula is C21H19N5O3. The molecular weight excluding hydrogens is 370 g/mol. The van der Waals surface area contributed by atoms with Gasteiger partial charge < -0.3 is 25.9 Å². The molecule has 5 N–H and O–H groups in total. The van der Waals surface area contributed by atoms with Crippen LogP contribution in [0.25, 0.3) is 27.7 Å². The monoisotopic (exact) mass is 389 g/mol. The Morgan fingerprint density at radius 3 is 2.86 bits per heavy atom. The molecule has 0 radical (unpaired) electrons. The number of H-pyrrole nitrogens is 1. The van der Waals surface area contributed by atoms with Crippen molar-refractivity contribution in [3.63, 3.8) is 0 Å². The first-order chi connectivity index (χ1) is 14.0. The highest BCUT2D eigenvalue weighted by Crippen LogP contribution is 2.43. The van der Waals surface area contributed by atoms with Crippen LogP contribution in [-0.4, -0.2) is 21.9 Å². The van der Waals surface area contributed by atoms with Crippen LogP contribution >= 0.6 is 0 Å². The van der Waals surface area contributed by atoms with Gasteiger partial charge in [-0.15, -0.1) is 0 Å². The SMILES string of the molecule is COc1ccc(C)c(-n2nc3c4c([nH]c(=O)c3c2N)COc2c(N)cccc2-4)c1. The summed E-state index contributed by atoms with van der Waals surface area (Å²) in [4.78, 5) is 15.7. The third kappa shape index (κ3) is 2.39. The van der Waals surface area contributed by atoms with Crippen LogP contribution in [-0.2, 0) is 6.61 Å². The third-order valence-electron chi connectivity index (χ3n) is 5.27. The molecule has 0 aliphatic carbocycles. The Kier molecular flexibility index (Phi) is 3.57. The summed E-state index contributed by atoms with van der Waals surface area (Å²) in [5.74, 6) is 1.52. The lowest BCUT2D eigenvalue weighted by molar-refractivity contribution is 0.299. The summed E-state index contributed by atoms with van der Waals surface area (Å²) >= 11 is 0. The molecule has 8 heteroatoms. The van der Waals surface area contributed by atoms with Crippen molar-refractivity contribution in [2.75, 3.05) is 18.6 Å². The fourth-order valence-electron chi connectivity index (χ4n) is 3.82. The number of nitrogens with one attached hydrogen (secondary N) is 1. The second kappa shape index (κ2) is 6.03. The lowest BCUT2D eigenvalue weighted by atomic mass is 9.98. The van der Waals surface area contributed by atoms with Gasteiger partial charge in [-0.1, -0.05) is 18.2 Å². The van der Waals surface area contributed by atoms with Gasteiger partial charge in [0.05, 0.1) is 24.2 Å². The topological polar surface area (TPSA) is 121 Å². The molecule has 0 bridgehead atoms. The number of pyridine rings is 1. The van der Waals surface area contributed by atoms with E-state index in [0.29, 0.717) is 33.8 Å². The van der Waals surface area contributed by atoms with E-state index in [1.807, 2.05) is 37.3 Å². The van der Waals surface area contributed by atoms with Gasteiger partial charge in [-0.3, -0.25) is 4.79 Å². The van der Waals surface area contributed by atoms with Crippen LogP contribution in [0.2, 0.25) is 0 Å². The number of rotatable bonds is 2. The highest BCUT2D eigenvalue weighted by molar-refractivity contribution is 6.02. The first kappa shape index (κ1) is 17.2. The lowest BCUT2D eigenvalue weighted by Gasteiger charge is -2.21. The molecule has 0 spiro atoms. The number of anilines is 2. The molecule has 3 heterocycles. The van der Waals surface area contributed by atoms with Crippen LogP contribution in [0.5, 0.6) is 11.5 Å². The van der Waals surface area contributed by atoms with Gasteiger partial charge in [0.15, 0.2) is 5.75 Å². The van der Waals surface area contributed by atoms with E-state index in [1.54, 1.807) is 17.9 Å². The largest absolute Gasteiger partial charge is 0.497 e. The van der Waals surface area contributed by atoms with Crippen molar-refractivity contribution in [2.45, 2.75) is 13.5 Å². The Morgan fingerprint density at radius 1 is 1.24 bits per heavy atom. The fourth-order valence-corrected chi connectivity index (χ4v) is 3.82. The molecule has 1 aliphatic rings. The Hall–Kier alpha value is -3.94. The van der Waals surface area contributed by atoms with Crippen LogP contribution < -0.4 is 26.5 Å². The Balaban J connectivity index is 1.87. The highest BCUT2D eigenvalue weighted by atomic mass is 16.5. The first-order valence-corrected chi connectivity index (χ1v) is 9.09. The van der Waals surface area contributed by atoms with Crippen molar-refractivity contribution in [3.8, 4) is 28.3 Å². The van der Waals surface area contributed by atoms with Gasteiger partial charge in [0.1, 0.15) is 29.1 Å². The minimum atomic E-state index is -0.306. The summed E-state index contributed by atoms with van der Waals surface area (Å²) < 4.78 is 12.7. The maximum absolute atomic E-state index is 12.8. The summed E-state index contributed by atoms with van der Waals surface area (Å²) in [6, 6.07) is 11.1. The van der Waals surface area contributed by atoms with Gasteiger partial charge in [-0.25, -0.2) is 4.68 Å². The average molecular weight is 389 g/mol. The number of aromatic amines is 1. The van der Waals surface area contributed by atoms with Gasteiger partial charge in [0.25, 0.3) is 5.56 Å². The normalized spacial score (nSPS) is 12.3. The number of nitrogens with two attached hydrogens (primary N) is 2. The van der Waals surface area contributed by atoms with E-state index >= 15 is 0 Å². The second-order valence-electron chi connectivity index (χ2n) is 6.99. The lowest BCUT2D eigenvalue weighted by Crippen LogP contribution is -2.17. The number of hydrogen-bond donors (Lipinski definition) is 3. The van der Waals surface area contributed by atoms with Crippen LogP contribution in [0.1, 0.15) is 11.3 Å². The third-order valence-corrected chi connectivity index (χ3v) is 5.27. The number of nitrogen functional groups attached to an aromatic ring is 2.